The van der Waals surface area contributed by atoms with E-state index in [1.807, 2.05) is 0 Å². The Morgan fingerprint density at radius 1 is 1.26 bits per heavy atom. The van der Waals surface area contributed by atoms with Crippen molar-refractivity contribution in [2.24, 2.45) is 17.6 Å². The lowest BCUT2D eigenvalue weighted by Crippen LogP contribution is -2.29. The van der Waals surface area contributed by atoms with Crippen molar-refractivity contribution >= 4 is 28.6 Å². The normalized spacial score (nSPS) is 21.3. The number of nitrogens with one attached hydrogen (secondary N) is 1. The van der Waals surface area contributed by atoms with Crippen molar-refractivity contribution in [1.82, 2.24) is 9.97 Å². The first-order valence-electron chi connectivity index (χ1n) is 7.79. The summed E-state index contributed by atoms with van der Waals surface area (Å²) in [4.78, 5) is 19.7. The Morgan fingerprint density at radius 3 is 2.70 bits per heavy atom. The number of nitrogens with zero attached hydrogens (tertiary/aromatic N) is 2. The van der Waals surface area contributed by atoms with Crippen molar-refractivity contribution in [3.8, 4) is 0 Å². The van der Waals surface area contributed by atoms with Crippen LogP contribution >= 0.6 is 0 Å². The van der Waals surface area contributed by atoms with Gasteiger partial charge < -0.3 is 16.8 Å². The van der Waals surface area contributed by atoms with Crippen LogP contribution in [0.3, 0.4) is 0 Å². The van der Waals surface area contributed by atoms with Gasteiger partial charge in [0.15, 0.2) is 0 Å². The minimum Gasteiger partial charge on any atom is -0.383 e. The Balaban J connectivity index is 1.64. The number of fused-ring (bicyclic) bond motifs is 1. The highest BCUT2D eigenvalue weighted by atomic mass is 19.1. The highest BCUT2D eigenvalue weighted by Gasteiger charge is 2.24. The van der Waals surface area contributed by atoms with Gasteiger partial charge in [-0.25, -0.2) is 9.37 Å². The number of carbonyl (C=O) groups is 1. The van der Waals surface area contributed by atoms with E-state index in [1.54, 1.807) is 6.07 Å². The number of carbonyl (C=O) groups excluding carboxylic acids is 1. The van der Waals surface area contributed by atoms with Crippen LogP contribution < -0.4 is 16.8 Å². The molecule has 1 aromatic carbocycles. The third-order valence-corrected chi connectivity index (χ3v) is 4.49. The van der Waals surface area contributed by atoms with Crippen LogP contribution in [0.2, 0.25) is 0 Å². The molecule has 1 saturated carbocycles. The van der Waals surface area contributed by atoms with Crippen LogP contribution in [0.1, 0.15) is 25.7 Å². The molecule has 1 heterocycles. The number of anilines is 2. The Hall–Kier alpha value is -2.44. The number of hydrogen-bond acceptors (Lipinski definition) is 5. The number of benzene rings is 1. The van der Waals surface area contributed by atoms with Gasteiger partial charge in [0.25, 0.3) is 0 Å². The molecule has 0 atom stereocenters. The van der Waals surface area contributed by atoms with Gasteiger partial charge in [0.1, 0.15) is 11.6 Å². The number of rotatable bonds is 4. The summed E-state index contributed by atoms with van der Waals surface area (Å²) in [6.45, 7) is 0.720. The van der Waals surface area contributed by atoms with Crippen LogP contribution in [-0.2, 0) is 4.79 Å². The van der Waals surface area contributed by atoms with E-state index < -0.39 is 0 Å². The van der Waals surface area contributed by atoms with Crippen LogP contribution in [0.15, 0.2) is 18.2 Å². The molecule has 5 N–H and O–H groups in total. The number of hydrogen-bond donors (Lipinski definition) is 3. The molecule has 0 aliphatic heterocycles. The monoisotopic (exact) mass is 317 g/mol. The van der Waals surface area contributed by atoms with E-state index in [0.717, 1.165) is 32.2 Å². The minimum atomic E-state index is -0.361. The highest BCUT2D eigenvalue weighted by molar-refractivity contribution is 5.88. The predicted molar refractivity (Wildman–Crippen MR) is 87.0 cm³/mol. The van der Waals surface area contributed by atoms with E-state index in [-0.39, 0.29) is 23.5 Å². The molecule has 1 aliphatic carbocycles. The number of nitrogen functional groups attached to an aromatic ring is 1. The Labute approximate surface area is 133 Å². The van der Waals surface area contributed by atoms with Gasteiger partial charge in [0.2, 0.25) is 11.9 Å². The fraction of sp³-hybridized carbons (Fsp3) is 0.438. The molecule has 6 nitrogen and oxygen atoms in total. The maximum absolute atomic E-state index is 13.2. The maximum atomic E-state index is 13.2. The largest absolute Gasteiger partial charge is 0.383 e. The van der Waals surface area contributed by atoms with Gasteiger partial charge in [-0.05, 0) is 49.8 Å². The van der Waals surface area contributed by atoms with E-state index in [4.69, 9.17) is 11.5 Å². The summed E-state index contributed by atoms with van der Waals surface area (Å²) in [5.74, 6) is 0.607. The first-order chi connectivity index (χ1) is 11.0. The second-order valence-electron chi connectivity index (χ2n) is 6.09. The summed E-state index contributed by atoms with van der Waals surface area (Å²) in [5.41, 5.74) is 11.8. The zero-order valence-corrected chi connectivity index (χ0v) is 12.8. The standard InChI is InChI=1S/C16H20FN5O/c17-11-5-6-13-12(7-11)14(18)22-16(21-13)20-8-9-1-3-10(4-2-9)15(19)23/h5-7,9-10H,1-4,8H2,(H2,19,23)(H3,18,20,21,22). The van der Waals surface area contributed by atoms with Gasteiger partial charge in [0.05, 0.1) is 5.52 Å². The molecule has 23 heavy (non-hydrogen) atoms. The van der Waals surface area contributed by atoms with Gasteiger partial charge in [-0.3, -0.25) is 4.79 Å². The fourth-order valence-corrected chi connectivity index (χ4v) is 3.09. The van der Waals surface area contributed by atoms with Gasteiger partial charge in [-0.1, -0.05) is 0 Å². The molecule has 122 valence electrons. The third-order valence-electron chi connectivity index (χ3n) is 4.49. The lowest BCUT2D eigenvalue weighted by molar-refractivity contribution is -0.122. The quantitative estimate of drug-likeness (QED) is 0.800. The summed E-state index contributed by atoms with van der Waals surface area (Å²) in [7, 11) is 0. The number of aromatic nitrogens is 2. The maximum Gasteiger partial charge on any atom is 0.225 e. The molecule has 0 radical (unpaired) electrons. The average Bonchev–Trinajstić information content (AvgIpc) is 2.54. The van der Waals surface area contributed by atoms with Crippen molar-refractivity contribution < 1.29 is 9.18 Å². The first-order valence-corrected chi connectivity index (χ1v) is 7.79. The lowest BCUT2D eigenvalue weighted by atomic mass is 9.82. The Morgan fingerprint density at radius 2 is 2.00 bits per heavy atom. The van der Waals surface area contributed by atoms with Crippen LogP contribution in [-0.4, -0.2) is 22.4 Å². The number of halogens is 1. The molecule has 0 spiro atoms. The molecule has 1 aliphatic rings. The molecular formula is C16H20FN5O. The van der Waals surface area contributed by atoms with Crippen molar-refractivity contribution in [2.75, 3.05) is 17.6 Å². The van der Waals surface area contributed by atoms with E-state index in [2.05, 4.69) is 15.3 Å². The van der Waals surface area contributed by atoms with Gasteiger partial charge in [0, 0.05) is 17.8 Å². The second kappa shape index (κ2) is 6.36. The minimum absolute atomic E-state index is 0.00806. The summed E-state index contributed by atoms with van der Waals surface area (Å²) < 4.78 is 13.2. The summed E-state index contributed by atoms with van der Waals surface area (Å²) in [6.07, 6.45) is 3.58. The average molecular weight is 317 g/mol. The second-order valence-corrected chi connectivity index (χ2v) is 6.09. The van der Waals surface area contributed by atoms with Crippen LogP contribution in [0, 0.1) is 17.7 Å². The predicted octanol–water partition coefficient (Wildman–Crippen LogP) is 2.05. The molecule has 1 aromatic heterocycles. The summed E-state index contributed by atoms with van der Waals surface area (Å²) in [6, 6.07) is 4.27. The SMILES string of the molecule is NC(=O)C1CCC(CNc2nc(N)c3cc(F)ccc3n2)CC1. The fourth-order valence-electron chi connectivity index (χ4n) is 3.09. The van der Waals surface area contributed by atoms with E-state index in [0.29, 0.717) is 22.8 Å². The number of primary amides is 1. The molecule has 3 rings (SSSR count). The molecule has 0 saturated heterocycles. The summed E-state index contributed by atoms with van der Waals surface area (Å²) in [5, 5.41) is 3.71. The summed E-state index contributed by atoms with van der Waals surface area (Å²) >= 11 is 0. The van der Waals surface area contributed by atoms with Gasteiger partial charge >= 0.3 is 0 Å². The number of amides is 1. The molecule has 0 bridgehead atoms. The van der Waals surface area contributed by atoms with Gasteiger partial charge in [-0.2, -0.15) is 4.98 Å². The first kappa shape index (κ1) is 15.5. The van der Waals surface area contributed by atoms with E-state index in [9.17, 15) is 9.18 Å². The lowest BCUT2D eigenvalue weighted by Gasteiger charge is -2.26. The van der Waals surface area contributed by atoms with Crippen molar-refractivity contribution in [3.05, 3.63) is 24.0 Å². The molecule has 7 heteroatoms. The number of nitrogens with two attached hydrogens (primary N) is 2. The van der Waals surface area contributed by atoms with Gasteiger partial charge in [-0.15, -0.1) is 0 Å². The topological polar surface area (TPSA) is 107 Å². The van der Waals surface area contributed by atoms with Crippen LogP contribution in [0.4, 0.5) is 16.2 Å². The molecule has 1 amide bonds. The van der Waals surface area contributed by atoms with Crippen LogP contribution in [0.25, 0.3) is 10.9 Å². The zero-order valence-electron chi connectivity index (χ0n) is 12.8. The highest BCUT2D eigenvalue weighted by Crippen LogP contribution is 2.29. The third kappa shape index (κ3) is 3.49. The van der Waals surface area contributed by atoms with Crippen molar-refractivity contribution in [1.29, 1.82) is 0 Å². The molecule has 1 fully saturated rings. The Bertz CT molecular complexity index is 728. The van der Waals surface area contributed by atoms with E-state index >= 15 is 0 Å². The smallest absolute Gasteiger partial charge is 0.225 e. The molecular weight excluding hydrogens is 297 g/mol. The van der Waals surface area contributed by atoms with E-state index in [1.165, 1.54) is 12.1 Å². The zero-order chi connectivity index (χ0) is 16.4. The van der Waals surface area contributed by atoms with Crippen LogP contribution in [0.5, 0.6) is 0 Å². The molecule has 2 aromatic rings. The van der Waals surface area contributed by atoms with Crippen molar-refractivity contribution in [3.63, 3.8) is 0 Å². The Kier molecular flexibility index (Phi) is 4.27. The van der Waals surface area contributed by atoms with Crippen molar-refractivity contribution in [2.45, 2.75) is 25.7 Å². The molecule has 0 unspecified atom stereocenters.